The number of thiophene rings is 1. The lowest BCUT2D eigenvalue weighted by atomic mass is 10.3. The number of hydrogen-bond acceptors (Lipinski definition) is 3. The van der Waals surface area contributed by atoms with E-state index in [4.69, 9.17) is 34.8 Å². The first-order valence-corrected chi connectivity index (χ1v) is 10.1. The largest absolute Gasteiger partial charge is 0.246 e. The van der Waals surface area contributed by atoms with Crippen molar-refractivity contribution in [2.45, 2.75) is 30.3 Å². The van der Waals surface area contributed by atoms with E-state index in [0.29, 0.717) is 11.6 Å². The predicted molar refractivity (Wildman–Crippen MR) is 91.5 cm³/mol. The third-order valence-electron chi connectivity index (χ3n) is 3.40. The number of rotatable bonds is 5. The molecule has 0 aliphatic heterocycles. The lowest BCUT2D eigenvalue weighted by Gasteiger charge is -2.23. The van der Waals surface area contributed by atoms with Gasteiger partial charge < -0.3 is 0 Å². The van der Waals surface area contributed by atoms with Gasteiger partial charge in [0, 0.05) is 17.6 Å². The Labute approximate surface area is 148 Å². The van der Waals surface area contributed by atoms with Crippen molar-refractivity contribution < 1.29 is 8.42 Å². The van der Waals surface area contributed by atoms with Gasteiger partial charge in [-0.3, -0.25) is 0 Å². The van der Waals surface area contributed by atoms with E-state index in [9.17, 15) is 8.42 Å². The third kappa shape index (κ3) is 3.30. The van der Waals surface area contributed by atoms with Crippen LogP contribution in [0.25, 0.3) is 0 Å². The van der Waals surface area contributed by atoms with E-state index in [0.717, 1.165) is 18.4 Å². The lowest BCUT2D eigenvalue weighted by molar-refractivity contribution is 0.399. The summed E-state index contributed by atoms with van der Waals surface area (Å²) in [6.07, 6.45) is 1.71. The Bertz CT molecular complexity index is 763. The number of sulfonamides is 1. The molecule has 1 heterocycles. The summed E-state index contributed by atoms with van der Waals surface area (Å²) in [6, 6.07) is 4.73. The standard InChI is InChI=1S/C14H12Cl3NO2S2/c15-10-5-12(16)14(13(17)6-10)22(19,20)18(11-1-2-11)7-9-3-4-21-8-9/h3-6,8,11H,1-2,7H2. The van der Waals surface area contributed by atoms with E-state index in [1.54, 1.807) is 0 Å². The van der Waals surface area contributed by atoms with Crippen LogP contribution in [0, 0.1) is 0 Å². The highest BCUT2D eigenvalue weighted by Gasteiger charge is 2.40. The SMILES string of the molecule is O=S(=O)(c1c(Cl)cc(Cl)cc1Cl)N(Cc1ccsc1)C1CC1. The highest BCUT2D eigenvalue weighted by atomic mass is 35.5. The molecule has 22 heavy (non-hydrogen) atoms. The monoisotopic (exact) mass is 395 g/mol. The molecule has 1 fully saturated rings. The molecule has 1 aliphatic carbocycles. The van der Waals surface area contributed by atoms with Crippen molar-refractivity contribution in [2.75, 3.05) is 0 Å². The Morgan fingerprint density at radius 1 is 1.18 bits per heavy atom. The van der Waals surface area contributed by atoms with Crippen LogP contribution in [-0.2, 0) is 16.6 Å². The first-order chi connectivity index (χ1) is 10.4. The molecule has 8 heteroatoms. The minimum absolute atomic E-state index is 0.00714. The minimum atomic E-state index is -3.78. The molecule has 2 aromatic rings. The van der Waals surface area contributed by atoms with E-state index < -0.39 is 10.0 Å². The van der Waals surface area contributed by atoms with Gasteiger partial charge in [0.05, 0.1) is 10.0 Å². The van der Waals surface area contributed by atoms with Gasteiger partial charge in [-0.1, -0.05) is 34.8 Å². The van der Waals surface area contributed by atoms with Crippen molar-refractivity contribution in [1.82, 2.24) is 4.31 Å². The molecule has 3 rings (SSSR count). The summed E-state index contributed by atoms with van der Waals surface area (Å²) >= 11 is 19.6. The Hall–Kier alpha value is -0.300. The summed E-state index contributed by atoms with van der Waals surface area (Å²) in [5.41, 5.74) is 0.960. The molecule has 0 bridgehead atoms. The molecule has 1 aliphatic rings. The number of nitrogens with zero attached hydrogens (tertiary/aromatic N) is 1. The maximum absolute atomic E-state index is 13.0. The first kappa shape index (κ1) is 16.6. The molecule has 0 radical (unpaired) electrons. The molecular weight excluding hydrogens is 385 g/mol. The van der Waals surface area contributed by atoms with Crippen LogP contribution in [-0.4, -0.2) is 18.8 Å². The third-order valence-corrected chi connectivity index (χ3v) is 7.17. The van der Waals surface area contributed by atoms with Crippen molar-refractivity contribution >= 4 is 56.2 Å². The van der Waals surface area contributed by atoms with Crippen molar-refractivity contribution in [2.24, 2.45) is 0 Å². The van der Waals surface area contributed by atoms with Crippen LogP contribution in [0.4, 0.5) is 0 Å². The van der Waals surface area contributed by atoms with Crippen LogP contribution >= 0.6 is 46.1 Å². The van der Waals surface area contributed by atoms with Gasteiger partial charge in [-0.25, -0.2) is 8.42 Å². The predicted octanol–water partition coefficient (Wildman–Crippen LogP) is 5.06. The molecule has 1 aromatic carbocycles. The maximum Gasteiger partial charge on any atom is 0.246 e. The molecule has 1 saturated carbocycles. The summed E-state index contributed by atoms with van der Waals surface area (Å²) in [7, 11) is -3.78. The van der Waals surface area contributed by atoms with Crippen LogP contribution in [0.2, 0.25) is 15.1 Å². The Kier molecular flexibility index (Phi) is 4.74. The fourth-order valence-electron chi connectivity index (χ4n) is 2.23. The zero-order valence-electron chi connectivity index (χ0n) is 11.3. The molecule has 1 aromatic heterocycles. The Balaban J connectivity index is 2.03. The molecule has 0 N–H and O–H groups in total. The van der Waals surface area contributed by atoms with Crippen molar-refractivity contribution in [3.05, 3.63) is 49.6 Å². The second-order valence-electron chi connectivity index (χ2n) is 5.11. The number of benzene rings is 1. The van der Waals surface area contributed by atoms with Gasteiger partial charge in [0.15, 0.2) is 0 Å². The summed E-state index contributed by atoms with van der Waals surface area (Å²) < 4.78 is 27.5. The smallest absolute Gasteiger partial charge is 0.207 e. The van der Waals surface area contributed by atoms with Gasteiger partial charge in [-0.05, 0) is 47.4 Å². The van der Waals surface area contributed by atoms with E-state index in [1.165, 1.54) is 27.8 Å². The summed E-state index contributed by atoms with van der Waals surface area (Å²) in [6.45, 7) is 0.325. The van der Waals surface area contributed by atoms with Crippen molar-refractivity contribution in [3.8, 4) is 0 Å². The molecule has 0 amide bonds. The fourth-order valence-corrected chi connectivity index (χ4v) is 6.06. The van der Waals surface area contributed by atoms with Crippen molar-refractivity contribution in [1.29, 1.82) is 0 Å². The highest BCUT2D eigenvalue weighted by Crippen LogP contribution is 2.39. The van der Waals surface area contributed by atoms with Crippen LogP contribution in [0.1, 0.15) is 18.4 Å². The van der Waals surface area contributed by atoms with Gasteiger partial charge in [0.25, 0.3) is 0 Å². The van der Waals surface area contributed by atoms with E-state index in [1.807, 2.05) is 16.8 Å². The van der Waals surface area contributed by atoms with Crippen LogP contribution in [0.5, 0.6) is 0 Å². The summed E-state index contributed by atoms with van der Waals surface area (Å²) in [4.78, 5) is -0.0673. The Morgan fingerprint density at radius 2 is 1.82 bits per heavy atom. The topological polar surface area (TPSA) is 37.4 Å². The second-order valence-corrected chi connectivity index (χ2v) is 8.97. The normalized spacial score (nSPS) is 15.5. The number of halogens is 3. The quantitative estimate of drug-likeness (QED) is 0.708. The zero-order chi connectivity index (χ0) is 15.9. The van der Waals surface area contributed by atoms with Crippen LogP contribution < -0.4 is 0 Å². The molecule has 0 unspecified atom stereocenters. The van der Waals surface area contributed by atoms with E-state index in [-0.39, 0.29) is 21.0 Å². The van der Waals surface area contributed by atoms with Crippen LogP contribution in [0.3, 0.4) is 0 Å². The second kappa shape index (κ2) is 6.30. The lowest BCUT2D eigenvalue weighted by Crippen LogP contribution is -2.33. The van der Waals surface area contributed by atoms with Gasteiger partial charge in [0.2, 0.25) is 10.0 Å². The average molecular weight is 397 g/mol. The highest BCUT2D eigenvalue weighted by molar-refractivity contribution is 7.89. The first-order valence-electron chi connectivity index (χ1n) is 6.57. The van der Waals surface area contributed by atoms with Gasteiger partial charge in [-0.15, -0.1) is 0 Å². The molecule has 0 spiro atoms. The van der Waals surface area contributed by atoms with Gasteiger partial charge in [0.1, 0.15) is 4.90 Å². The van der Waals surface area contributed by atoms with E-state index >= 15 is 0 Å². The Morgan fingerprint density at radius 3 is 2.32 bits per heavy atom. The summed E-state index contributed by atoms with van der Waals surface area (Å²) in [5, 5.41) is 4.28. The van der Waals surface area contributed by atoms with Gasteiger partial charge in [-0.2, -0.15) is 15.6 Å². The van der Waals surface area contributed by atoms with Crippen LogP contribution in [0.15, 0.2) is 33.9 Å². The van der Waals surface area contributed by atoms with E-state index in [2.05, 4.69) is 0 Å². The molecule has 0 atom stereocenters. The number of hydrogen-bond donors (Lipinski definition) is 0. The maximum atomic E-state index is 13.0. The average Bonchev–Trinajstić information content (AvgIpc) is 3.10. The van der Waals surface area contributed by atoms with Crippen molar-refractivity contribution in [3.63, 3.8) is 0 Å². The zero-order valence-corrected chi connectivity index (χ0v) is 15.2. The minimum Gasteiger partial charge on any atom is -0.207 e. The fraction of sp³-hybridized carbons (Fsp3) is 0.286. The molecule has 3 nitrogen and oxygen atoms in total. The molecular formula is C14H12Cl3NO2S2. The van der Waals surface area contributed by atoms with Gasteiger partial charge >= 0.3 is 0 Å². The molecule has 0 saturated heterocycles. The molecule has 118 valence electrons. The summed E-state index contributed by atoms with van der Waals surface area (Å²) in [5.74, 6) is 0.